The minimum Gasteiger partial charge on any atom is -0.490 e. The molecular formula is C23H27N3O3S. The predicted octanol–water partition coefficient (Wildman–Crippen LogP) is 4.36. The lowest BCUT2D eigenvalue weighted by molar-refractivity contribution is 0.0599. The first-order valence-corrected chi connectivity index (χ1v) is 11.1. The van der Waals surface area contributed by atoms with E-state index in [1.165, 1.54) is 16.9 Å². The highest BCUT2D eigenvalue weighted by Gasteiger charge is 2.26. The fraction of sp³-hybridized carbons (Fsp3) is 0.391. The molecule has 1 aliphatic rings. The van der Waals surface area contributed by atoms with Crippen molar-refractivity contribution in [1.29, 1.82) is 0 Å². The molecule has 1 fully saturated rings. The lowest BCUT2D eigenvalue weighted by Gasteiger charge is -2.32. The molecule has 0 aliphatic carbocycles. The standard InChI is InChI=1S/C23H27N3O3S/c1-17-9-13-30-22(17)23(27)26-10-6-20(7-11-26)29-21-5-3-4-18(14-21)15-25(2)16-19-8-12-28-24-19/h3-5,8-9,12-14,20H,6-7,10-11,15-16H2,1-2H3. The molecular weight excluding hydrogens is 398 g/mol. The van der Waals surface area contributed by atoms with E-state index in [9.17, 15) is 4.79 Å². The van der Waals surface area contributed by atoms with Crippen LogP contribution in [0.15, 0.2) is 52.6 Å². The van der Waals surface area contributed by atoms with E-state index in [4.69, 9.17) is 9.26 Å². The van der Waals surface area contributed by atoms with Crippen LogP contribution >= 0.6 is 11.3 Å². The zero-order chi connectivity index (χ0) is 20.9. The number of hydrogen-bond donors (Lipinski definition) is 0. The molecule has 6 nitrogen and oxygen atoms in total. The van der Waals surface area contributed by atoms with Gasteiger partial charge >= 0.3 is 0 Å². The van der Waals surface area contributed by atoms with E-state index in [0.29, 0.717) is 0 Å². The maximum Gasteiger partial charge on any atom is 0.264 e. The third-order valence-electron chi connectivity index (χ3n) is 5.36. The Hall–Kier alpha value is -2.64. The Labute approximate surface area is 181 Å². The molecule has 1 saturated heterocycles. The quantitative estimate of drug-likeness (QED) is 0.563. The van der Waals surface area contributed by atoms with Gasteiger partial charge in [0.2, 0.25) is 0 Å². The monoisotopic (exact) mass is 425 g/mol. The number of nitrogens with zero attached hydrogens (tertiary/aromatic N) is 3. The summed E-state index contributed by atoms with van der Waals surface area (Å²) in [6.07, 6.45) is 3.44. The van der Waals surface area contributed by atoms with Gasteiger partial charge < -0.3 is 14.2 Å². The molecule has 0 saturated carbocycles. The van der Waals surface area contributed by atoms with E-state index in [2.05, 4.69) is 29.2 Å². The van der Waals surface area contributed by atoms with Gasteiger partial charge in [0, 0.05) is 45.1 Å². The van der Waals surface area contributed by atoms with Gasteiger partial charge in [0.15, 0.2) is 0 Å². The summed E-state index contributed by atoms with van der Waals surface area (Å²) >= 11 is 1.53. The van der Waals surface area contributed by atoms with Crippen molar-refractivity contribution in [2.24, 2.45) is 0 Å². The summed E-state index contributed by atoms with van der Waals surface area (Å²) in [5.74, 6) is 1.04. The van der Waals surface area contributed by atoms with E-state index in [1.54, 1.807) is 6.26 Å². The van der Waals surface area contributed by atoms with Crippen LogP contribution in [-0.4, -0.2) is 47.1 Å². The first kappa shape index (κ1) is 20.6. The second-order valence-corrected chi connectivity index (χ2v) is 8.77. The Morgan fingerprint density at radius 1 is 1.27 bits per heavy atom. The van der Waals surface area contributed by atoms with Gasteiger partial charge in [-0.15, -0.1) is 11.3 Å². The molecule has 30 heavy (non-hydrogen) atoms. The maximum atomic E-state index is 12.7. The van der Waals surface area contributed by atoms with E-state index < -0.39 is 0 Å². The second kappa shape index (κ2) is 9.45. The van der Waals surface area contributed by atoms with E-state index >= 15 is 0 Å². The molecule has 0 bridgehead atoms. The molecule has 0 atom stereocenters. The molecule has 1 aromatic carbocycles. The van der Waals surface area contributed by atoms with Crippen molar-refractivity contribution >= 4 is 17.2 Å². The van der Waals surface area contributed by atoms with Crippen LogP contribution in [-0.2, 0) is 13.1 Å². The highest BCUT2D eigenvalue weighted by Crippen LogP contribution is 2.24. The van der Waals surface area contributed by atoms with Crippen LogP contribution in [0.4, 0.5) is 0 Å². The normalized spacial score (nSPS) is 15.0. The molecule has 158 valence electrons. The number of carbonyl (C=O) groups is 1. The van der Waals surface area contributed by atoms with E-state index in [-0.39, 0.29) is 12.0 Å². The summed E-state index contributed by atoms with van der Waals surface area (Å²) in [4.78, 5) is 17.7. The van der Waals surface area contributed by atoms with Gasteiger partial charge in [-0.25, -0.2) is 0 Å². The van der Waals surface area contributed by atoms with E-state index in [0.717, 1.165) is 60.9 Å². The number of ether oxygens (including phenoxy) is 1. The van der Waals surface area contributed by atoms with Gasteiger partial charge in [0.25, 0.3) is 5.91 Å². The molecule has 0 N–H and O–H groups in total. The van der Waals surface area contributed by atoms with Crippen LogP contribution in [0.1, 0.15) is 39.3 Å². The number of rotatable bonds is 7. The van der Waals surface area contributed by atoms with Gasteiger partial charge in [-0.05, 0) is 48.7 Å². The lowest BCUT2D eigenvalue weighted by atomic mass is 10.1. The molecule has 3 heterocycles. The average Bonchev–Trinajstić information content (AvgIpc) is 3.40. The van der Waals surface area contributed by atoms with Crippen LogP contribution in [0.3, 0.4) is 0 Å². The summed E-state index contributed by atoms with van der Waals surface area (Å²) in [7, 11) is 2.06. The molecule has 0 spiro atoms. The first-order chi connectivity index (χ1) is 14.6. The molecule has 2 aromatic heterocycles. The Bertz CT molecular complexity index is 962. The van der Waals surface area contributed by atoms with Crippen molar-refractivity contribution in [2.45, 2.75) is 39.0 Å². The summed E-state index contributed by atoms with van der Waals surface area (Å²) in [5, 5.41) is 5.94. The number of aromatic nitrogens is 1. The highest BCUT2D eigenvalue weighted by atomic mass is 32.1. The average molecular weight is 426 g/mol. The van der Waals surface area contributed by atoms with Crippen LogP contribution in [0.5, 0.6) is 5.75 Å². The summed E-state index contributed by atoms with van der Waals surface area (Å²) in [5.41, 5.74) is 3.18. The summed E-state index contributed by atoms with van der Waals surface area (Å²) < 4.78 is 11.1. The number of carbonyl (C=O) groups excluding carboxylic acids is 1. The Balaban J connectivity index is 1.28. The van der Waals surface area contributed by atoms with Crippen LogP contribution in [0.2, 0.25) is 0 Å². The zero-order valence-corrected chi connectivity index (χ0v) is 18.2. The van der Waals surface area contributed by atoms with Gasteiger partial charge in [-0.1, -0.05) is 17.3 Å². The number of thiophene rings is 1. The van der Waals surface area contributed by atoms with Gasteiger partial charge in [0.05, 0.1) is 10.6 Å². The number of amides is 1. The smallest absolute Gasteiger partial charge is 0.264 e. The molecule has 4 rings (SSSR count). The molecule has 0 radical (unpaired) electrons. The van der Waals surface area contributed by atoms with Gasteiger partial charge in [0.1, 0.15) is 18.1 Å². The topological polar surface area (TPSA) is 58.8 Å². The second-order valence-electron chi connectivity index (χ2n) is 7.85. The van der Waals surface area contributed by atoms with Crippen molar-refractivity contribution in [1.82, 2.24) is 15.0 Å². The molecule has 7 heteroatoms. The summed E-state index contributed by atoms with van der Waals surface area (Å²) in [6, 6.07) is 12.1. The number of piperidine rings is 1. The van der Waals surface area contributed by atoms with Crippen LogP contribution in [0, 0.1) is 6.92 Å². The van der Waals surface area contributed by atoms with Crippen LogP contribution < -0.4 is 4.74 Å². The van der Waals surface area contributed by atoms with Crippen molar-refractivity contribution in [3.05, 3.63) is 69.7 Å². The molecule has 1 amide bonds. The third kappa shape index (κ3) is 5.09. The third-order valence-corrected chi connectivity index (χ3v) is 6.37. The Morgan fingerprint density at radius 3 is 2.80 bits per heavy atom. The lowest BCUT2D eigenvalue weighted by Crippen LogP contribution is -2.41. The zero-order valence-electron chi connectivity index (χ0n) is 17.4. The molecule has 0 unspecified atom stereocenters. The predicted molar refractivity (Wildman–Crippen MR) is 117 cm³/mol. The Morgan fingerprint density at radius 2 is 2.10 bits per heavy atom. The SMILES string of the molecule is Cc1ccsc1C(=O)N1CCC(Oc2cccc(CN(C)Cc3ccon3)c2)CC1. The largest absolute Gasteiger partial charge is 0.490 e. The van der Waals surface area contributed by atoms with Gasteiger partial charge in [-0.3, -0.25) is 9.69 Å². The fourth-order valence-electron chi connectivity index (χ4n) is 3.79. The minimum atomic E-state index is 0.140. The van der Waals surface area contributed by atoms with Crippen LogP contribution in [0.25, 0.3) is 0 Å². The van der Waals surface area contributed by atoms with Crippen molar-refractivity contribution in [3.8, 4) is 5.75 Å². The van der Waals surface area contributed by atoms with E-state index in [1.807, 2.05) is 41.5 Å². The maximum absolute atomic E-state index is 12.7. The molecule has 1 aliphatic heterocycles. The number of likely N-dealkylation sites (tertiary alicyclic amines) is 1. The molecule has 3 aromatic rings. The number of aryl methyl sites for hydroxylation is 1. The Kier molecular flexibility index (Phi) is 6.50. The van der Waals surface area contributed by atoms with Crippen molar-refractivity contribution < 1.29 is 14.1 Å². The first-order valence-electron chi connectivity index (χ1n) is 10.3. The van der Waals surface area contributed by atoms with Crippen molar-refractivity contribution in [2.75, 3.05) is 20.1 Å². The number of benzene rings is 1. The highest BCUT2D eigenvalue weighted by molar-refractivity contribution is 7.12. The number of hydrogen-bond acceptors (Lipinski definition) is 6. The van der Waals surface area contributed by atoms with Crippen molar-refractivity contribution in [3.63, 3.8) is 0 Å². The minimum absolute atomic E-state index is 0.140. The fourth-order valence-corrected chi connectivity index (χ4v) is 4.68. The summed E-state index contributed by atoms with van der Waals surface area (Å²) in [6.45, 7) is 5.01. The van der Waals surface area contributed by atoms with Gasteiger partial charge in [-0.2, -0.15) is 0 Å².